The van der Waals surface area contributed by atoms with Crippen LogP contribution in [0.25, 0.3) is 10.9 Å². The summed E-state index contributed by atoms with van der Waals surface area (Å²) in [7, 11) is 0. The Labute approximate surface area is 106 Å². The Morgan fingerprint density at radius 2 is 2.00 bits per heavy atom. The molecule has 0 saturated heterocycles. The highest BCUT2D eigenvalue weighted by atomic mass is 19.4. The zero-order valence-corrected chi connectivity index (χ0v) is 10.2. The molecule has 0 amide bonds. The van der Waals surface area contributed by atoms with Crippen molar-refractivity contribution in [1.29, 1.82) is 0 Å². The molecule has 102 valence electrons. The Hall–Kier alpha value is -2.05. The second-order valence-electron chi connectivity index (χ2n) is 4.42. The summed E-state index contributed by atoms with van der Waals surface area (Å²) in [4.78, 5) is 10.8. The summed E-state index contributed by atoms with van der Waals surface area (Å²) in [6.07, 6.45) is -4.62. The third kappa shape index (κ3) is 2.27. The zero-order valence-electron chi connectivity index (χ0n) is 10.2. The molecule has 0 unspecified atom stereocenters. The maximum atomic E-state index is 12.9. The molecule has 1 heterocycles. The molecule has 0 bridgehead atoms. The van der Waals surface area contributed by atoms with Gasteiger partial charge in [0.2, 0.25) is 0 Å². The van der Waals surface area contributed by atoms with Gasteiger partial charge >= 0.3 is 12.1 Å². The molecule has 2 aromatic rings. The number of halogens is 3. The number of hydrogen-bond acceptors (Lipinski definition) is 2. The van der Waals surface area contributed by atoms with E-state index in [1.807, 2.05) is 0 Å². The Kier molecular flexibility index (Phi) is 3.00. The number of hydrogen-bond donors (Lipinski definition) is 1. The van der Waals surface area contributed by atoms with Crippen LogP contribution in [0.4, 0.5) is 13.2 Å². The van der Waals surface area contributed by atoms with Crippen molar-refractivity contribution in [1.82, 2.24) is 9.78 Å². The van der Waals surface area contributed by atoms with Gasteiger partial charge in [0.05, 0.1) is 11.1 Å². The summed E-state index contributed by atoms with van der Waals surface area (Å²) in [6, 6.07) is 3.37. The van der Waals surface area contributed by atoms with Crippen LogP contribution in [0.2, 0.25) is 0 Å². The molecule has 0 spiro atoms. The molecule has 7 heteroatoms. The molecule has 0 aliphatic rings. The lowest BCUT2D eigenvalue weighted by Gasteiger charge is -2.06. The van der Waals surface area contributed by atoms with Crippen LogP contribution in [-0.4, -0.2) is 20.9 Å². The number of carbonyl (C=O) groups is 1. The van der Waals surface area contributed by atoms with E-state index in [0.29, 0.717) is 0 Å². The molecule has 0 fully saturated rings. The van der Waals surface area contributed by atoms with E-state index in [2.05, 4.69) is 5.10 Å². The first kappa shape index (κ1) is 13.4. The normalized spacial score (nSPS) is 12.3. The average molecular weight is 272 g/mol. The first-order chi connectivity index (χ1) is 8.71. The van der Waals surface area contributed by atoms with Crippen molar-refractivity contribution in [3.63, 3.8) is 0 Å². The minimum atomic E-state index is -4.62. The minimum absolute atomic E-state index is 0.193. The van der Waals surface area contributed by atoms with Gasteiger partial charge in [-0.25, -0.2) is 4.79 Å². The van der Waals surface area contributed by atoms with Gasteiger partial charge in [-0.05, 0) is 32.0 Å². The lowest BCUT2D eigenvalue weighted by molar-refractivity contribution is -0.140. The van der Waals surface area contributed by atoms with E-state index in [1.54, 1.807) is 13.8 Å². The summed E-state index contributed by atoms with van der Waals surface area (Å²) in [6.45, 7) is 3.41. The van der Waals surface area contributed by atoms with E-state index in [0.717, 1.165) is 6.07 Å². The van der Waals surface area contributed by atoms with Crippen LogP contribution in [0.1, 0.15) is 35.9 Å². The molecule has 2 rings (SSSR count). The van der Waals surface area contributed by atoms with Gasteiger partial charge in [-0.3, -0.25) is 4.68 Å². The Morgan fingerprint density at radius 1 is 1.37 bits per heavy atom. The number of aromatic nitrogens is 2. The summed E-state index contributed by atoms with van der Waals surface area (Å²) in [5.41, 5.74) is -0.979. The van der Waals surface area contributed by atoms with Crippen LogP contribution < -0.4 is 0 Å². The molecule has 4 nitrogen and oxygen atoms in total. The highest BCUT2D eigenvalue weighted by Gasteiger charge is 2.37. The quantitative estimate of drug-likeness (QED) is 0.912. The predicted octanol–water partition coefficient (Wildman–Crippen LogP) is 3.33. The molecule has 0 atom stereocenters. The molecule has 1 N–H and O–H groups in total. The second-order valence-corrected chi connectivity index (χ2v) is 4.42. The molecule has 1 aromatic carbocycles. The number of nitrogens with zero attached hydrogens (tertiary/aromatic N) is 2. The fraction of sp³-hybridized carbons (Fsp3) is 0.333. The van der Waals surface area contributed by atoms with Gasteiger partial charge < -0.3 is 5.11 Å². The van der Waals surface area contributed by atoms with E-state index >= 15 is 0 Å². The molecule has 0 saturated carbocycles. The third-order valence-corrected chi connectivity index (χ3v) is 2.71. The van der Waals surface area contributed by atoms with Crippen molar-refractivity contribution < 1.29 is 23.1 Å². The van der Waals surface area contributed by atoms with Crippen molar-refractivity contribution in [2.24, 2.45) is 0 Å². The number of fused-ring (bicyclic) bond motifs is 1. The Bertz CT molecular complexity index is 644. The zero-order chi connectivity index (χ0) is 14.4. The number of benzene rings is 1. The van der Waals surface area contributed by atoms with Crippen LogP contribution in [0.3, 0.4) is 0 Å². The number of aromatic carboxylic acids is 1. The molecular weight excluding hydrogens is 261 g/mol. The third-order valence-electron chi connectivity index (χ3n) is 2.71. The average Bonchev–Trinajstić information content (AvgIpc) is 2.66. The molecule has 0 aliphatic carbocycles. The minimum Gasteiger partial charge on any atom is -0.478 e. The summed E-state index contributed by atoms with van der Waals surface area (Å²) >= 11 is 0. The van der Waals surface area contributed by atoms with Crippen LogP contribution in [0.15, 0.2) is 18.2 Å². The van der Waals surface area contributed by atoms with Crippen LogP contribution >= 0.6 is 0 Å². The molecule has 19 heavy (non-hydrogen) atoms. The summed E-state index contributed by atoms with van der Waals surface area (Å²) in [5, 5.41) is 12.2. The fourth-order valence-electron chi connectivity index (χ4n) is 1.88. The smallest absolute Gasteiger partial charge is 0.435 e. The van der Waals surface area contributed by atoms with Crippen molar-refractivity contribution >= 4 is 16.9 Å². The monoisotopic (exact) mass is 272 g/mol. The Morgan fingerprint density at radius 3 is 2.47 bits per heavy atom. The molecular formula is C12H11F3N2O2. The SMILES string of the molecule is CC(C)n1nc(C(F)(F)F)c2cc(C(=O)O)ccc21. The van der Waals surface area contributed by atoms with E-state index in [1.165, 1.54) is 16.8 Å². The van der Waals surface area contributed by atoms with Gasteiger partial charge in [0.15, 0.2) is 5.69 Å². The number of rotatable bonds is 2. The van der Waals surface area contributed by atoms with Crippen molar-refractivity contribution in [3.8, 4) is 0 Å². The maximum Gasteiger partial charge on any atom is 0.435 e. The van der Waals surface area contributed by atoms with E-state index in [9.17, 15) is 18.0 Å². The largest absolute Gasteiger partial charge is 0.478 e. The van der Waals surface area contributed by atoms with Crippen LogP contribution in [-0.2, 0) is 6.18 Å². The van der Waals surface area contributed by atoms with Gasteiger partial charge in [-0.2, -0.15) is 18.3 Å². The first-order valence-corrected chi connectivity index (χ1v) is 5.54. The van der Waals surface area contributed by atoms with Crippen LogP contribution in [0, 0.1) is 0 Å². The predicted molar refractivity (Wildman–Crippen MR) is 62.1 cm³/mol. The van der Waals surface area contributed by atoms with E-state index < -0.39 is 17.8 Å². The molecule has 0 aliphatic heterocycles. The standard InChI is InChI=1S/C12H11F3N2O2/c1-6(2)17-9-4-3-7(11(18)19)5-8(9)10(16-17)12(13,14)15/h3-6H,1-2H3,(H,18,19). The molecule has 0 radical (unpaired) electrons. The number of alkyl halides is 3. The maximum absolute atomic E-state index is 12.9. The van der Waals surface area contributed by atoms with E-state index in [-0.39, 0.29) is 22.5 Å². The summed E-state index contributed by atoms with van der Waals surface area (Å²) in [5.74, 6) is -1.27. The van der Waals surface area contributed by atoms with E-state index in [4.69, 9.17) is 5.11 Å². The van der Waals surface area contributed by atoms with Gasteiger partial charge in [0.1, 0.15) is 0 Å². The van der Waals surface area contributed by atoms with Crippen molar-refractivity contribution in [2.75, 3.05) is 0 Å². The van der Waals surface area contributed by atoms with Gasteiger partial charge in [0, 0.05) is 11.4 Å². The highest BCUT2D eigenvalue weighted by molar-refractivity contribution is 5.94. The van der Waals surface area contributed by atoms with Gasteiger partial charge in [-0.15, -0.1) is 0 Å². The number of carboxylic acid groups (broad SMARTS) is 1. The lowest BCUT2D eigenvalue weighted by atomic mass is 10.1. The first-order valence-electron chi connectivity index (χ1n) is 5.54. The molecule has 1 aromatic heterocycles. The summed E-state index contributed by atoms with van der Waals surface area (Å²) < 4.78 is 40.0. The van der Waals surface area contributed by atoms with Gasteiger partial charge in [0.25, 0.3) is 0 Å². The topological polar surface area (TPSA) is 55.1 Å². The lowest BCUT2D eigenvalue weighted by Crippen LogP contribution is -2.09. The number of carboxylic acids is 1. The van der Waals surface area contributed by atoms with Gasteiger partial charge in [-0.1, -0.05) is 0 Å². The second kappa shape index (κ2) is 4.25. The highest BCUT2D eigenvalue weighted by Crippen LogP contribution is 2.35. The van der Waals surface area contributed by atoms with Crippen molar-refractivity contribution in [3.05, 3.63) is 29.5 Å². The van der Waals surface area contributed by atoms with Crippen molar-refractivity contribution in [2.45, 2.75) is 26.1 Å². The Balaban J connectivity index is 2.80. The van der Waals surface area contributed by atoms with Crippen LogP contribution in [0.5, 0.6) is 0 Å². The fourth-order valence-corrected chi connectivity index (χ4v) is 1.88.